The van der Waals surface area contributed by atoms with Crippen LogP contribution in [-0.2, 0) is 23.2 Å². The number of piperidine rings is 1. The van der Waals surface area contributed by atoms with Crippen molar-refractivity contribution in [2.24, 2.45) is 0 Å². The van der Waals surface area contributed by atoms with E-state index in [-0.39, 0.29) is 17.0 Å². The van der Waals surface area contributed by atoms with E-state index in [0.717, 1.165) is 57.6 Å². The number of likely N-dealkylation sites (tertiary alicyclic amines) is 1. The summed E-state index contributed by atoms with van der Waals surface area (Å²) in [5.74, 6) is 0.156. The molecule has 4 heterocycles. The molecule has 2 aromatic rings. The highest BCUT2D eigenvalue weighted by atomic mass is 16.2. The number of amides is 1. The first kappa shape index (κ1) is 18.9. The molecule has 0 atom stereocenters. The first-order chi connectivity index (χ1) is 13.6. The lowest BCUT2D eigenvalue weighted by Crippen LogP contribution is -2.57. The molecule has 1 spiro atoms. The van der Waals surface area contributed by atoms with E-state index < -0.39 is 0 Å². The Bertz CT molecular complexity index is 860. The van der Waals surface area contributed by atoms with Gasteiger partial charge in [0.2, 0.25) is 5.91 Å². The Balaban J connectivity index is 1.41. The number of imidazole rings is 1. The van der Waals surface area contributed by atoms with Crippen molar-refractivity contribution in [3.8, 4) is 0 Å². The molecule has 28 heavy (non-hydrogen) atoms. The van der Waals surface area contributed by atoms with Crippen molar-refractivity contribution in [3.05, 3.63) is 45.9 Å². The highest BCUT2D eigenvalue weighted by Crippen LogP contribution is 2.42. The van der Waals surface area contributed by atoms with Crippen LogP contribution in [-0.4, -0.2) is 62.1 Å². The van der Waals surface area contributed by atoms with Crippen molar-refractivity contribution in [1.82, 2.24) is 30.0 Å². The van der Waals surface area contributed by atoms with Crippen LogP contribution >= 0.6 is 0 Å². The molecule has 2 N–H and O–H groups in total. The van der Waals surface area contributed by atoms with Crippen LogP contribution in [0.2, 0.25) is 0 Å². The molecule has 0 radical (unpaired) electrons. The molecule has 1 saturated heterocycles. The molecule has 0 aliphatic carbocycles. The predicted molar refractivity (Wildman–Crippen MR) is 105 cm³/mol. The van der Waals surface area contributed by atoms with E-state index in [1.807, 2.05) is 11.2 Å². The molecule has 4 rings (SSSR count). The van der Waals surface area contributed by atoms with E-state index in [4.69, 9.17) is 0 Å². The third kappa shape index (κ3) is 3.48. The second-order valence-corrected chi connectivity index (χ2v) is 7.79. The van der Waals surface area contributed by atoms with Crippen LogP contribution in [0, 0.1) is 0 Å². The minimum absolute atomic E-state index is 0.0408. The van der Waals surface area contributed by atoms with Gasteiger partial charge >= 0.3 is 0 Å². The Labute approximate surface area is 164 Å². The first-order valence-corrected chi connectivity index (χ1v) is 10.2. The van der Waals surface area contributed by atoms with Crippen LogP contribution in [0.3, 0.4) is 0 Å². The van der Waals surface area contributed by atoms with E-state index in [2.05, 4.69) is 32.0 Å². The Morgan fingerprint density at radius 2 is 2.07 bits per heavy atom. The van der Waals surface area contributed by atoms with Gasteiger partial charge in [0.05, 0.1) is 23.3 Å². The minimum Gasteiger partial charge on any atom is -0.348 e. The summed E-state index contributed by atoms with van der Waals surface area (Å²) in [6, 6.07) is 3.13. The molecule has 0 bridgehead atoms. The van der Waals surface area contributed by atoms with Crippen LogP contribution in [0.5, 0.6) is 0 Å². The summed E-state index contributed by atoms with van der Waals surface area (Å²) < 4.78 is 0. The Morgan fingerprint density at radius 1 is 1.25 bits per heavy atom. The fourth-order valence-corrected chi connectivity index (χ4v) is 4.70. The number of nitrogens with zero attached hydrogens (tertiary/aromatic N) is 4. The van der Waals surface area contributed by atoms with Gasteiger partial charge < -0.3 is 9.88 Å². The summed E-state index contributed by atoms with van der Waals surface area (Å²) in [5, 5.41) is 6.41. The van der Waals surface area contributed by atoms with Crippen molar-refractivity contribution >= 4 is 5.91 Å². The number of hydrogen-bond donors (Lipinski definition) is 2. The highest BCUT2D eigenvalue weighted by Gasteiger charge is 2.46. The van der Waals surface area contributed by atoms with Gasteiger partial charge in [0.15, 0.2) is 0 Å². The third-order valence-corrected chi connectivity index (χ3v) is 6.16. The van der Waals surface area contributed by atoms with Gasteiger partial charge in [-0.2, -0.15) is 5.10 Å². The average Bonchev–Trinajstić information content (AvgIpc) is 3.20. The normalized spacial score (nSPS) is 19.0. The molecule has 0 unspecified atom stereocenters. The van der Waals surface area contributed by atoms with Gasteiger partial charge in [0.25, 0.3) is 5.56 Å². The Hall–Kier alpha value is -2.48. The average molecular weight is 384 g/mol. The van der Waals surface area contributed by atoms with Gasteiger partial charge in [0, 0.05) is 50.7 Å². The van der Waals surface area contributed by atoms with E-state index in [0.29, 0.717) is 12.8 Å². The second-order valence-electron chi connectivity index (χ2n) is 7.79. The van der Waals surface area contributed by atoms with Crippen LogP contribution in [0.15, 0.2) is 23.3 Å². The summed E-state index contributed by atoms with van der Waals surface area (Å²) in [7, 11) is 0. The molecule has 0 aromatic carbocycles. The van der Waals surface area contributed by atoms with Crippen molar-refractivity contribution in [1.29, 1.82) is 0 Å². The molecule has 1 amide bonds. The molecule has 0 saturated carbocycles. The van der Waals surface area contributed by atoms with E-state index in [9.17, 15) is 9.59 Å². The van der Waals surface area contributed by atoms with Crippen LogP contribution in [0.1, 0.15) is 49.7 Å². The number of carbonyl (C=O) groups is 1. The zero-order valence-electron chi connectivity index (χ0n) is 16.4. The smallest absolute Gasteiger partial charge is 0.264 e. The number of aryl methyl sites for hydroxylation is 1. The summed E-state index contributed by atoms with van der Waals surface area (Å²) in [6.45, 7) is 5.85. The number of hydrogen-bond acceptors (Lipinski definition) is 5. The number of H-pyrrole nitrogens is 2. The summed E-state index contributed by atoms with van der Waals surface area (Å²) in [4.78, 5) is 36.4. The lowest BCUT2D eigenvalue weighted by atomic mass is 9.78. The maximum absolute atomic E-state index is 12.7. The first-order valence-electron chi connectivity index (χ1n) is 10.2. The number of rotatable bonds is 5. The van der Waals surface area contributed by atoms with E-state index >= 15 is 0 Å². The molecule has 2 aliphatic heterocycles. The largest absolute Gasteiger partial charge is 0.348 e. The molecular weight excluding hydrogens is 356 g/mol. The van der Waals surface area contributed by atoms with Crippen molar-refractivity contribution in [2.45, 2.75) is 51.0 Å². The number of fused-ring (bicyclic) bond motifs is 2. The quantitative estimate of drug-likeness (QED) is 0.808. The summed E-state index contributed by atoms with van der Waals surface area (Å²) in [6.07, 6.45) is 6.76. The van der Waals surface area contributed by atoms with Gasteiger partial charge in [-0.15, -0.1) is 0 Å². The fourth-order valence-electron chi connectivity index (χ4n) is 4.70. The number of carbonyl (C=O) groups excluding carboxylic acids is 1. The zero-order valence-corrected chi connectivity index (χ0v) is 16.4. The predicted octanol–water partition coefficient (Wildman–Crippen LogP) is 1.21. The van der Waals surface area contributed by atoms with Gasteiger partial charge in [-0.05, 0) is 31.9 Å². The Kier molecular flexibility index (Phi) is 5.30. The number of aromatic nitrogens is 4. The summed E-state index contributed by atoms with van der Waals surface area (Å²) >= 11 is 0. The maximum atomic E-state index is 12.7. The molecule has 8 heteroatoms. The fraction of sp³-hybridized carbons (Fsp3) is 0.600. The summed E-state index contributed by atoms with van der Waals surface area (Å²) in [5.41, 5.74) is 2.93. The lowest BCUT2D eigenvalue weighted by Gasteiger charge is -2.50. The van der Waals surface area contributed by atoms with Gasteiger partial charge in [-0.3, -0.25) is 14.5 Å². The van der Waals surface area contributed by atoms with Crippen LogP contribution in [0.4, 0.5) is 0 Å². The topological polar surface area (TPSA) is 98.0 Å². The van der Waals surface area contributed by atoms with Gasteiger partial charge in [-0.25, -0.2) is 10.1 Å². The second kappa shape index (κ2) is 7.87. The third-order valence-electron chi connectivity index (χ3n) is 6.16. The molecule has 2 aliphatic rings. The standard InChI is InChI=1S/C20H28N6O2/c1-2-10-26-11-7-16-19(22-14-21-16)20(26)8-12-25(13-9-20)18(28)6-4-15-3-5-17(27)24-23-15/h3,5,14H,2,4,6-13H2,1H3,(H,21,22)(H,24,27). The highest BCUT2D eigenvalue weighted by molar-refractivity contribution is 5.76. The van der Waals surface area contributed by atoms with E-state index in [1.165, 1.54) is 17.5 Å². The molecule has 2 aromatic heterocycles. The Morgan fingerprint density at radius 3 is 2.79 bits per heavy atom. The number of aromatic amines is 2. The minimum atomic E-state index is -0.224. The zero-order chi connectivity index (χ0) is 19.6. The number of nitrogens with one attached hydrogen (secondary N) is 2. The molecule has 8 nitrogen and oxygen atoms in total. The molecule has 1 fully saturated rings. The molecule has 150 valence electrons. The maximum Gasteiger partial charge on any atom is 0.264 e. The van der Waals surface area contributed by atoms with Gasteiger partial charge in [-0.1, -0.05) is 6.92 Å². The monoisotopic (exact) mass is 384 g/mol. The van der Waals surface area contributed by atoms with Crippen molar-refractivity contribution in [3.63, 3.8) is 0 Å². The van der Waals surface area contributed by atoms with Crippen molar-refractivity contribution in [2.75, 3.05) is 26.2 Å². The van der Waals surface area contributed by atoms with Crippen molar-refractivity contribution < 1.29 is 4.79 Å². The van der Waals surface area contributed by atoms with E-state index in [1.54, 1.807) is 6.07 Å². The molecular formula is C20H28N6O2. The van der Waals surface area contributed by atoms with Crippen LogP contribution < -0.4 is 5.56 Å². The van der Waals surface area contributed by atoms with Crippen LogP contribution in [0.25, 0.3) is 0 Å². The van der Waals surface area contributed by atoms with Gasteiger partial charge in [0.1, 0.15) is 0 Å². The SMILES string of the molecule is CCCN1CCc2[nH]cnc2C12CCN(C(=O)CCc1ccc(=O)[nH]n1)CC2. The lowest BCUT2D eigenvalue weighted by molar-refractivity contribution is -0.134.